The zero-order valence-corrected chi connectivity index (χ0v) is 18.1. The number of nitrogens with two attached hydrogens (primary N) is 1. The number of nitrogen functional groups attached to an aromatic ring is 1. The summed E-state index contributed by atoms with van der Waals surface area (Å²) in [7, 11) is 0. The number of rotatable bonds is 4. The molecule has 2 aliphatic rings. The molecular weight excluding hydrogens is 414 g/mol. The molecule has 2 aromatic carbocycles. The van der Waals surface area contributed by atoms with Crippen LogP contribution in [0, 0.1) is 11.3 Å². The van der Waals surface area contributed by atoms with Crippen LogP contribution in [0.5, 0.6) is 5.75 Å². The summed E-state index contributed by atoms with van der Waals surface area (Å²) in [6.45, 7) is 2.05. The number of ether oxygens (including phenoxy) is 2. The Kier molecular flexibility index (Phi) is 4.67. The van der Waals surface area contributed by atoms with Crippen LogP contribution in [0.15, 0.2) is 61.1 Å². The van der Waals surface area contributed by atoms with Crippen molar-refractivity contribution in [2.24, 2.45) is 0 Å². The summed E-state index contributed by atoms with van der Waals surface area (Å²) in [5.74, 6) is 0.609. The van der Waals surface area contributed by atoms with Gasteiger partial charge in [-0.25, -0.2) is 0 Å². The number of aromatic nitrogens is 2. The predicted octanol–water partition coefficient (Wildman–Crippen LogP) is 4.34. The van der Waals surface area contributed by atoms with E-state index in [-0.39, 0.29) is 6.10 Å². The Morgan fingerprint density at radius 1 is 1.18 bits per heavy atom. The fraction of sp³-hybridized carbons (Fsp3) is 0.231. The molecule has 0 spiro atoms. The normalized spacial score (nSPS) is 17.3. The van der Waals surface area contributed by atoms with E-state index in [0.717, 1.165) is 47.4 Å². The SMILES string of the molecule is N#Cc1cnc2cc(OC3CCOC3)c(N)cc2c1N1CCc2ccc(-n3cccc3)cc21. The quantitative estimate of drug-likeness (QED) is 0.478. The molecule has 2 aromatic heterocycles. The van der Waals surface area contributed by atoms with E-state index in [1.165, 1.54) is 5.56 Å². The van der Waals surface area contributed by atoms with Gasteiger partial charge in [-0.15, -0.1) is 0 Å². The van der Waals surface area contributed by atoms with Gasteiger partial charge in [-0.1, -0.05) is 6.07 Å². The Hall–Kier alpha value is -4.02. The lowest BCUT2D eigenvalue weighted by Gasteiger charge is -2.24. The largest absolute Gasteiger partial charge is 0.486 e. The standard InChI is InChI=1S/C26H23N5O2/c27-14-18-15-29-23-13-25(33-20-6-10-32-16-20)22(28)12-21(23)26(18)31-9-5-17-3-4-19(11-24(17)31)30-7-1-2-8-30/h1-4,7-8,11-13,15,20H,5-6,9-10,16,28H2. The van der Waals surface area contributed by atoms with Gasteiger partial charge >= 0.3 is 0 Å². The van der Waals surface area contributed by atoms with Crippen molar-refractivity contribution in [1.29, 1.82) is 5.26 Å². The van der Waals surface area contributed by atoms with Crippen LogP contribution in [0.1, 0.15) is 17.5 Å². The summed E-state index contributed by atoms with van der Waals surface area (Å²) < 4.78 is 13.6. The molecule has 4 aromatic rings. The van der Waals surface area contributed by atoms with E-state index in [4.69, 9.17) is 15.2 Å². The fourth-order valence-corrected chi connectivity index (χ4v) is 4.75. The number of hydrogen-bond donors (Lipinski definition) is 1. The Morgan fingerprint density at radius 3 is 2.85 bits per heavy atom. The molecule has 0 bridgehead atoms. The molecule has 6 rings (SSSR count). The first-order valence-corrected chi connectivity index (χ1v) is 11.1. The molecule has 7 heteroatoms. The van der Waals surface area contributed by atoms with Crippen molar-refractivity contribution < 1.29 is 9.47 Å². The second-order valence-corrected chi connectivity index (χ2v) is 8.45. The molecule has 0 amide bonds. The van der Waals surface area contributed by atoms with Crippen molar-refractivity contribution in [3.63, 3.8) is 0 Å². The Labute approximate surface area is 191 Å². The minimum absolute atomic E-state index is 0.000156. The monoisotopic (exact) mass is 437 g/mol. The molecule has 4 heterocycles. The molecule has 33 heavy (non-hydrogen) atoms. The molecule has 1 saturated heterocycles. The highest BCUT2D eigenvalue weighted by Crippen LogP contribution is 2.42. The minimum Gasteiger partial charge on any atom is -0.486 e. The van der Waals surface area contributed by atoms with Crippen molar-refractivity contribution in [2.75, 3.05) is 30.4 Å². The van der Waals surface area contributed by atoms with Crippen LogP contribution < -0.4 is 15.4 Å². The third kappa shape index (κ3) is 3.36. The van der Waals surface area contributed by atoms with E-state index in [0.29, 0.717) is 30.2 Å². The van der Waals surface area contributed by atoms with E-state index < -0.39 is 0 Å². The second kappa shape index (κ2) is 7.84. The lowest BCUT2D eigenvalue weighted by Crippen LogP contribution is -2.17. The molecule has 0 aliphatic carbocycles. The molecule has 0 saturated carbocycles. The van der Waals surface area contributed by atoms with Gasteiger partial charge in [0.05, 0.1) is 35.7 Å². The molecule has 1 atom stereocenters. The van der Waals surface area contributed by atoms with E-state index in [1.54, 1.807) is 6.20 Å². The lowest BCUT2D eigenvalue weighted by atomic mass is 10.1. The maximum Gasteiger partial charge on any atom is 0.144 e. The third-order valence-electron chi connectivity index (χ3n) is 6.41. The summed E-state index contributed by atoms with van der Waals surface area (Å²) in [5.41, 5.74) is 12.5. The molecule has 164 valence electrons. The van der Waals surface area contributed by atoms with E-state index >= 15 is 0 Å². The van der Waals surface area contributed by atoms with Crippen molar-refractivity contribution in [3.05, 3.63) is 72.2 Å². The Morgan fingerprint density at radius 2 is 2.06 bits per heavy atom. The maximum atomic E-state index is 9.91. The van der Waals surface area contributed by atoms with Crippen molar-refractivity contribution in [2.45, 2.75) is 18.9 Å². The number of nitriles is 1. The zero-order chi connectivity index (χ0) is 22.4. The topological polar surface area (TPSA) is 89.3 Å². The highest BCUT2D eigenvalue weighted by molar-refractivity contribution is 6.00. The highest BCUT2D eigenvalue weighted by atomic mass is 16.5. The number of pyridine rings is 1. The van der Waals surface area contributed by atoms with Gasteiger partial charge in [-0.05, 0) is 42.3 Å². The first-order chi connectivity index (χ1) is 16.2. The first-order valence-electron chi connectivity index (χ1n) is 11.1. The van der Waals surface area contributed by atoms with Crippen molar-refractivity contribution >= 4 is 28.0 Å². The van der Waals surface area contributed by atoms with Gasteiger partial charge in [-0.2, -0.15) is 5.26 Å². The average molecular weight is 438 g/mol. The van der Waals surface area contributed by atoms with E-state index in [9.17, 15) is 5.26 Å². The maximum absolute atomic E-state index is 9.91. The summed E-state index contributed by atoms with van der Waals surface area (Å²) in [6.07, 6.45) is 7.46. The average Bonchev–Trinajstić information content (AvgIpc) is 3.60. The Balaban J connectivity index is 1.47. The van der Waals surface area contributed by atoms with E-state index in [1.807, 2.05) is 36.7 Å². The number of hydrogen-bond acceptors (Lipinski definition) is 6. The molecule has 1 unspecified atom stereocenters. The van der Waals surface area contributed by atoms with Crippen LogP contribution in [0.3, 0.4) is 0 Å². The lowest BCUT2D eigenvalue weighted by molar-refractivity contribution is 0.142. The van der Waals surface area contributed by atoms with Gasteiger partial charge in [0.1, 0.15) is 17.9 Å². The molecule has 1 fully saturated rings. The van der Waals surface area contributed by atoms with Crippen molar-refractivity contribution in [1.82, 2.24) is 9.55 Å². The smallest absolute Gasteiger partial charge is 0.144 e. The summed E-state index contributed by atoms with van der Waals surface area (Å²) in [6, 6.07) is 16.6. The van der Waals surface area contributed by atoms with Crippen LogP contribution in [0.25, 0.3) is 16.6 Å². The van der Waals surface area contributed by atoms with Crippen LogP contribution in [0.2, 0.25) is 0 Å². The van der Waals surface area contributed by atoms with E-state index in [2.05, 4.69) is 38.7 Å². The number of anilines is 3. The van der Waals surface area contributed by atoms with Gasteiger partial charge in [0, 0.05) is 54.4 Å². The number of nitrogens with zero attached hydrogens (tertiary/aromatic N) is 4. The third-order valence-corrected chi connectivity index (χ3v) is 6.41. The van der Waals surface area contributed by atoms with Gasteiger partial charge in [0.15, 0.2) is 0 Å². The predicted molar refractivity (Wildman–Crippen MR) is 127 cm³/mol. The number of benzene rings is 2. The minimum atomic E-state index is 0.000156. The van der Waals surface area contributed by atoms with Crippen LogP contribution in [-0.2, 0) is 11.2 Å². The van der Waals surface area contributed by atoms with Crippen molar-refractivity contribution in [3.8, 4) is 17.5 Å². The molecule has 2 aliphatic heterocycles. The van der Waals surface area contributed by atoms with Crippen LogP contribution in [0.4, 0.5) is 17.1 Å². The van der Waals surface area contributed by atoms with Gasteiger partial charge < -0.3 is 24.7 Å². The summed E-state index contributed by atoms with van der Waals surface area (Å²) in [5, 5.41) is 10.8. The molecule has 2 N–H and O–H groups in total. The number of fused-ring (bicyclic) bond motifs is 2. The second-order valence-electron chi connectivity index (χ2n) is 8.45. The Bertz CT molecular complexity index is 1380. The highest BCUT2D eigenvalue weighted by Gasteiger charge is 2.26. The molecule has 7 nitrogen and oxygen atoms in total. The fourth-order valence-electron chi connectivity index (χ4n) is 4.75. The van der Waals surface area contributed by atoms with Crippen LogP contribution >= 0.6 is 0 Å². The van der Waals surface area contributed by atoms with Gasteiger partial charge in [0.25, 0.3) is 0 Å². The molecular formula is C26H23N5O2. The van der Waals surface area contributed by atoms with Crippen LogP contribution in [-0.4, -0.2) is 35.4 Å². The summed E-state index contributed by atoms with van der Waals surface area (Å²) >= 11 is 0. The molecule has 0 radical (unpaired) electrons. The zero-order valence-electron chi connectivity index (χ0n) is 18.1. The summed E-state index contributed by atoms with van der Waals surface area (Å²) in [4.78, 5) is 6.77. The van der Waals surface area contributed by atoms with Gasteiger partial charge in [0.2, 0.25) is 0 Å². The van der Waals surface area contributed by atoms with Gasteiger partial charge in [-0.3, -0.25) is 4.98 Å². The first kappa shape index (κ1) is 19.6.